The van der Waals surface area contributed by atoms with Crippen LogP contribution in [-0.2, 0) is 0 Å². The largest absolute Gasteiger partial charge is 0.346 e. The van der Waals surface area contributed by atoms with Crippen molar-refractivity contribution in [3.8, 4) is 0 Å². The third-order valence-electron chi connectivity index (χ3n) is 5.87. The van der Waals surface area contributed by atoms with Gasteiger partial charge in [-0.2, -0.15) is 0 Å². The normalized spacial score (nSPS) is 39.3. The second kappa shape index (κ2) is 4.09. The Kier molecular flexibility index (Phi) is 2.48. The molecular weight excluding hydrogens is 234 g/mol. The van der Waals surface area contributed by atoms with Gasteiger partial charge in [0, 0.05) is 11.1 Å². The van der Waals surface area contributed by atoms with Crippen LogP contribution in [-0.4, -0.2) is 11.4 Å². The van der Waals surface area contributed by atoms with Gasteiger partial charge in [0.15, 0.2) is 0 Å². The molecule has 0 aromatic heterocycles. The number of fused-ring (bicyclic) bond motifs is 5. The van der Waals surface area contributed by atoms with Crippen molar-refractivity contribution >= 4 is 5.91 Å². The van der Waals surface area contributed by atoms with Gasteiger partial charge in [0.2, 0.25) is 0 Å². The summed E-state index contributed by atoms with van der Waals surface area (Å²) in [6, 6.07) is 9.68. The van der Waals surface area contributed by atoms with Crippen LogP contribution in [0.1, 0.15) is 48.9 Å². The first-order chi connectivity index (χ1) is 9.28. The average Bonchev–Trinajstić information content (AvgIpc) is 3.11. The summed E-state index contributed by atoms with van der Waals surface area (Å²) in [6.07, 6.45) is 7.87. The Morgan fingerprint density at radius 2 is 2.00 bits per heavy atom. The number of rotatable bonds is 2. The summed E-state index contributed by atoms with van der Waals surface area (Å²) in [5, 5.41) is 3.43. The third-order valence-corrected chi connectivity index (χ3v) is 5.87. The molecule has 0 heterocycles. The van der Waals surface area contributed by atoms with Crippen molar-refractivity contribution in [1.82, 2.24) is 5.32 Å². The van der Waals surface area contributed by atoms with Crippen LogP contribution in [0.2, 0.25) is 0 Å². The van der Waals surface area contributed by atoms with Crippen LogP contribution in [0.25, 0.3) is 0 Å². The highest BCUT2D eigenvalue weighted by molar-refractivity contribution is 5.94. The molecule has 4 rings (SSSR count). The summed E-state index contributed by atoms with van der Waals surface area (Å²) in [6.45, 7) is 0. The average molecular weight is 255 g/mol. The molecule has 19 heavy (non-hydrogen) atoms. The monoisotopic (exact) mass is 255 g/mol. The standard InChI is InChI=1S/C17H21NO/c19-16(12-5-2-1-3-6-12)18-17-10-9-13(11-17)14-7-4-8-15(14)17/h1-3,5-6,13-15H,4,7-11H2,(H,18,19). The van der Waals surface area contributed by atoms with E-state index in [0.29, 0.717) is 0 Å². The lowest BCUT2D eigenvalue weighted by Gasteiger charge is -2.36. The fourth-order valence-electron chi connectivity index (χ4n) is 5.15. The highest BCUT2D eigenvalue weighted by Gasteiger charge is 2.59. The number of hydrogen-bond acceptors (Lipinski definition) is 1. The van der Waals surface area contributed by atoms with Gasteiger partial charge in [-0.05, 0) is 62.0 Å². The van der Waals surface area contributed by atoms with E-state index in [9.17, 15) is 4.79 Å². The molecule has 1 aromatic carbocycles. The minimum atomic E-state index is 0.133. The lowest BCUT2D eigenvalue weighted by atomic mass is 9.77. The van der Waals surface area contributed by atoms with E-state index in [0.717, 1.165) is 23.3 Å². The Morgan fingerprint density at radius 3 is 2.84 bits per heavy atom. The van der Waals surface area contributed by atoms with Gasteiger partial charge in [-0.15, -0.1) is 0 Å². The van der Waals surface area contributed by atoms with E-state index >= 15 is 0 Å². The molecule has 3 aliphatic carbocycles. The minimum absolute atomic E-state index is 0.133. The third kappa shape index (κ3) is 1.65. The topological polar surface area (TPSA) is 29.1 Å². The summed E-state index contributed by atoms with van der Waals surface area (Å²) >= 11 is 0. The van der Waals surface area contributed by atoms with Gasteiger partial charge in [0.1, 0.15) is 0 Å². The zero-order valence-electron chi connectivity index (χ0n) is 11.3. The lowest BCUT2D eigenvalue weighted by Crippen LogP contribution is -2.50. The van der Waals surface area contributed by atoms with Crippen LogP contribution >= 0.6 is 0 Å². The van der Waals surface area contributed by atoms with Gasteiger partial charge in [-0.25, -0.2) is 0 Å². The van der Waals surface area contributed by atoms with Gasteiger partial charge in [0.25, 0.3) is 5.91 Å². The zero-order chi connectivity index (χ0) is 12.9. The van der Waals surface area contributed by atoms with Crippen LogP contribution in [0.4, 0.5) is 0 Å². The SMILES string of the molecule is O=C(NC12CCC(C1)C1CCCC12)c1ccccc1. The number of amides is 1. The van der Waals surface area contributed by atoms with Gasteiger partial charge in [-0.3, -0.25) is 4.79 Å². The number of carbonyl (C=O) groups is 1. The second-order valence-electron chi connectivity index (χ2n) is 6.68. The smallest absolute Gasteiger partial charge is 0.251 e. The highest BCUT2D eigenvalue weighted by atomic mass is 16.1. The van der Waals surface area contributed by atoms with Gasteiger partial charge >= 0.3 is 0 Å². The molecular formula is C17H21NO. The molecule has 4 unspecified atom stereocenters. The van der Waals surface area contributed by atoms with Crippen LogP contribution < -0.4 is 5.32 Å². The van der Waals surface area contributed by atoms with Crippen LogP contribution in [0.15, 0.2) is 30.3 Å². The van der Waals surface area contributed by atoms with Gasteiger partial charge in [-0.1, -0.05) is 24.6 Å². The van der Waals surface area contributed by atoms with Crippen molar-refractivity contribution < 1.29 is 4.79 Å². The molecule has 4 atom stereocenters. The Labute approximate surface area is 114 Å². The van der Waals surface area contributed by atoms with E-state index in [1.807, 2.05) is 30.3 Å². The molecule has 2 bridgehead atoms. The van der Waals surface area contributed by atoms with E-state index in [1.165, 1.54) is 38.5 Å². The fourth-order valence-corrected chi connectivity index (χ4v) is 5.15. The number of carbonyl (C=O) groups excluding carboxylic acids is 1. The first-order valence-corrected chi connectivity index (χ1v) is 7.66. The Balaban J connectivity index is 1.58. The first-order valence-electron chi connectivity index (χ1n) is 7.66. The Morgan fingerprint density at radius 1 is 1.16 bits per heavy atom. The van der Waals surface area contributed by atoms with Gasteiger partial charge in [0.05, 0.1) is 0 Å². The maximum atomic E-state index is 12.5. The molecule has 1 amide bonds. The predicted molar refractivity (Wildman–Crippen MR) is 74.8 cm³/mol. The first kappa shape index (κ1) is 11.5. The number of nitrogens with one attached hydrogen (secondary N) is 1. The minimum Gasteiger partial charge on any atom is -0.346 e. The van der Waals surface area contributed by atoms with Crippen LogP contribution in [0, 0.1) is 17.8 Å². The zero-order valence-corrected chi connectivity index (χ0v) is 11.3. The van der Waals surface area contributed by atoms with E-state index in [2.05, 4.69) is 5.32 Å². The Hall–Kier alpha value is -1.31. The quantitative estimate of drug-likeness (QED) is 0.862. The molecule has 3 saturated carbocycles. The molecule has 0 aliphatic heterocycles. The van der Waals surface area contributed by atoms with Crippen molar-refractivity contribution in [3.05, 3.63) is 35.9 Å². The summed E-state index contributed by atoms with van der Waals surface area (Å²) in [5.41, 5.74) is 0.945. The number of benzene rings is 1. The molecule has 0 spiro atoms. The summed E-state index contributed by atoms with van der Waals surface area (Å²) in [5.74, 6) is 2.70. The predicted octanol–water partition coefficient (Wildman–Crippen LogP) is 3.39. The van der Waals surface area contributed by atoms with E-state index in [-0.39, 0.29) is 11.4 Å². The molecule has 2 nitrogen and oxygen atoms in total. The maximum Gasteiger partial charge on any atom is 0.251 e. The molecule has 3 fully saturated rings. The van der Waals surface area contributed by atoms with Crippen molar-refractivity contribution in [1.29, 1.82) is 0 Å². The molecule has 0 radical (unpaired) electrons. The molecule has 100 valence electrons. The van der Waals surface area contributed by atoms with Crippen molar-refractivity contribution in [2.24, 2.45) is 17.8 Å². The van der Waals surface area contributed by atoms with Crippen molar-refractivity contribution in [2.45, 2.75) is 44.1 Å². The molecule has 1 aromatic rings. The van der Waals surface area contributed by atoms with Crippen molar-refractivity contribution in [3.63, 3.8) is 0 Å². The van der Waals surface area contributed by atoms with Gasteiger partial charge < -0.3 is 5.32 Å². The molecule has 2 heteroatoms. The van der Waals surface area contributed by atoms with E-state index in [4.69, 9.17) is 0 Å². The van der Waals surface area contributed by atoms with E-state index < -0.39 is 0 Å². The highest BCUT2D eigenvalue weighted by Crippen LogP contribution is 2.60. The fraction of sp³-hybridized carbons (Fsp3) is 0.588. The van der Waals surface area contributed by atoms with Crippen LogP contribution in [0.3, 0.4) is 0 Å². The summed E-state index contributed by atoms with van der Waals surface area (Å²) < 4.78 is 0. The van der Waals surface area contributed by atoms with Crippen molar-refractivity contribution in [2.75, 3.05) is 0 Å². The van der Waals surface area contributed by atoms with Crippen LogP contribution in [0.5, 0.6) is 0 Å². The lowest BCUT2D eigenvalue weighted by molar-refractivity contribution is 0.0853. The second-order valence-corrected chi connectivity index (χ2v) is 6.68. The maximum absolute atomic E-state index is 12.5. The molecule has 0 saturated heterocycles. The van der Waals surface area contributed by atoms with E-state index in [1.54, 1.807) is 0 Å². The summed E-state index contributed by atoms with van der Waals surface area (Å²) in [4.78, 5) is 12.5. The Bertz CT molecular complexity index is 497. The molecule has 3 aliphatic rings. The summed E-state index contributed by atoms with van der Waals surface area (Å²) in [7, 11) is 0. The molecule has 1 N–H and O–H groups in total. The number of hydrogen-bond donors (Lipinski definition) is 1.